The predicted molar refractivity (Wildman–Crippen MR) is 97.5 cm³/mol. The summed E-state index contributed by atoms with van der Waals surface area (Å²) in [6, 6.07) is 6.19. The van der Waals surface area contributed by atoms with Crippen LogP contribution in [0.3, 0.4) is 0 Å². The smallest absolute Gasteiger partial charge is 0.407 e. The first-order valence-corrected chi connectivity index (χ1v) is 10.4. The molecule has 8 nitrogen and oxygen atoms in total. The summed E-state index contributed by atoms with van der Waals surface area (Å²) in [7, 11) is -3.23. The molecule has 1 N–H and O–H groups in total. The third kappa shape index (κ3) is 4.94. The van der Waals surface area contributed by atoms with Crippen LogP contribution in [-0.4, -0.2) is 53.8 Å². The highest BCUT2D eigenvalue weighted by Gasteiger charge is 2.23. The molecule has 0 unspecified atom stereocenters. The lowest BCUT2D eigenvalue weighted by atomic mass is 9.91. The minimum atomic E-state index is -3.23. The van der Waals surface area contributed by atoms with Crippen molar-refractivity contribution in [2.24, 2.45) is 0 Å². The van der Waals surface area contributed by atoms with Gasteiger partial charge in [0.25, 0.3) is 0 Å². The topological polar surface area (TPSA) is 110 Å². The molecule has 0 saturated carbocycles. The van der Waals surface area contributed by atoms with Crippen LogP contribution in [0.25, 0.3) is 0 Å². The van der Waals surface area contributed by atoms with Crippen LogP contribution in [-0.2, 0) is 16.4 Å². The Morgan fingerprint density at radius 3 is 2.30 bits per heavy atom. The summed E-state index contributed by atoms with van der Waals surface area (Å²) in [5.41, 5.74) is 1.00. The van der Waals surface area contributed by atoms with Gasteiger partial charge >= 0.3 is 6.09 Å². The van der Waals surface area contributed by atoms with Crippen LogP contribution >= 0.6 is 0 Å². The molecule has 1 amide bonds. The van der Waals surface area contributed by atoms with Gasteiger partial charge < -0.3 is 14.7 Å². The second-order valence-corrected chi connectivity index (χ2v) is 8.52. The quantitative estimate of drug-likeness (QED) is 0.833. The number of nitrogens with zero attached hydrogens (tertiary/aromatic N) is 3. The molecule has 3 rings (SSSR count). The number of hydrogen-bond donors (Lipinski definition) is 1. The van der Waals surface area contributed by atoms with Gasteiger partial charge in [-0.2, -0.15) is 0 Å². The van der Waals surface area contributed by atoms with Gasteiger partial charge in [0.2, 0.25) is 0 Å². The molecule has 1 saturated heterocycles. The maximum Gasteiger partial charge on any atom is 0.407 e. The first-order chi connectivity index (χ1) is 12.8. The third-order valence-electron chi connectivity index (χ3n) is 4.58. The molecule has 27 heavy (non-hydrogen) atoms. The summed E-state index contributed by atoms with van der Waals surface area (Å²) in [6.45, 7) is 1.22. The van der Waals surface area contributed by atoms with Crippen molar-refractivity contribution in [3.63, 3.8) is 0 Å². The van der Waals surface area contributed by atoms with Crippen LogP contribution in [0.5, 0.6) is 5.75 Å². The van der Waals surface area contributed by atoms with Crippen molar-refractivity contribution in [2.45, 2.75) is 30.3 Å². The number of carboxylic acid groups (broad SMARTS) is 1. The molecule has 1 aromatic carbocycles. The first-order valence-electron chi connectivity index (χ1n) is 8.54. The molecule has 1 aromatic heterocycles. The molecule has 0 radical (unpaired) electrons. The largest absolute Gasteiger partial charge is 0.486 e. The lowest BCUT2D eigenvalue weighted by Crippen LogP contribution is -2.36. The molecule has 0 aliphatic carbocycles. The van der Waals surface area contributed by atoms with Gasteiger partial charge in [-0.05, 0) is 48.6 Å². The SMILES string of the molecule is CS(=O)(=O)c1ccc(OCc2ncc(C3CCN(C(=O)O)CC3)cn2)cc1. The third-order valence-corrected chi connectivity index (χ3v) is 5.71. The van der Waals surface area contributed by atoms with E-state index in [1.807, 2.05) is 0 Å². The summed E-state index contributed by atoms with van der Waals surface area (Å²) < 4.78 is 28.5. The van der Waals surface area contributed by atoms with Gasteiger partial charge in [0.1, 0.15) is 12.4 Å². The molecule has 2 aromatic rings. The van der Waals surface area contributed by atoms with Gasteiger partial charge in [0.05, 0.1) is 4.90 Å². The maximum atomic E-state index is 11.4. The predicted octanol–water partition coefficient (Wildman–Crippen LogP) is 2.32. The maximum absolute atomic E-state index is 11.4. The first kappa shape index (κ1) is 19.1. The zero-order valence-electron chi connectivity index (χ0n) is 14.9. The molecule has 144 valence electrons. The van der Waals surface area contributed by atoms with Crippen LogP contribution in [0.2, 0.25) is 0 Å². The molecule has 0 spiro atoms. The second-order valence-electron chi connectivity index (χ2n) is 6.51. The Morgan fingerprint density at radius 2 is 1.78 bits per heavy atom. The normalized spacial score (nSPS) is 15.5. The minimum absolute atomic E-state index is 0.177. The standard InChI is InChI=1S/C18H21N3O5S/c1-27(24,25)16-4-2-15(3-5-16)26-12-17-19-10-14(11-20-17)13-6-8-21(9-7-13)18(22)23/h2-5,10-11,13H,6-9,12H2,1H3,(H,22,23). The molecule has 1 fully saturated rings. The molecule has 1 aliphatic rings. The Hall–Kier alpha value is -2.68. The van der Waals surface area contributed by atoms with Crippen LogP contribution in [0.1, 0.15) is 30.1 Å². The summed E-state index contributed by atoms with van der Waals surface area (Å²) >= 11 is 0. The Bertz CT molecular complexity index is 890. The van der Waals surface area contributed by atoms with Gasteiger partial charge in [0, 0.05) is 31.7 Å². The fourth-order valence-corrected chi connectivity index (χ4v) is 3.62. The number of sulfone groups is 1. The van der Waals surface area contributed by atoms with E-state index in [1.54, 1.807) is 24.5 Å². The van der Waals surface area contributed by atoms with E-state index in [2.05, 4.69) is 9.97 Å². The van der Waals surface area contributed by atoms with E-state index in [0.717, 1.165) is 24.7 Å². The van der Waals surface area contributed by atoms with E-state index in [9.17, 15) is 13.2 Å². The molecule has 0 atom stereocenters. The average Bonchev–Trinajstić information content (AvgIpc) is 2.66. The lowest BCUT2D eigenvalue weighted by molar-refractivity contribution is 0.132. The number of hydrogen-bond acceptors (Lipinski definition) is 6. The number of amides is 1. The van der Waals surface area contributed by atoms with Gasteiger partial charge in [0.15, 0.2) is 15.7 Å². The number of aromatic nitrogens is 2. The van der Waals surface area contributed by atoms with E-state index in [0.29, 0.717) is 24.7 Å². The number of benzene rings is 1. The number of carbonyl (C=O) groups is 1. The van der Waals surface area contributed by atoms with Crippen molar-refractivity contribution in [3.8, 4) is 5.75 Å². The molecule has 2 heterocycles. The van der Waals surface area contributed by atoms with E-state index < -0.39 is 15.9 Å². The average molecular weight is 391 g/mol. The van der Waals surface area contributed by atoms with Crippen LogP contribution < -0.4 is 4.74 Å². The highest BCUT2D eigenvalue weighted by atomic mass is 32.2. The van der Waals surface area contributed by atoms with Crippen molar-refractivity contribution in [3.05, 3.63) is 48.0 Å². The Balaban J connectivity index is 1.54. The van der Waals surface area contributed by atoms with Crippen molar-refractivity contribution < 1.29 is 23.1 Å². The van der Waals surface area contributed by atoms with Crippen molar-refractivity contribution >= 4 is 15.9 Å². The highest BCUT2D eigenvalue weighted by molar-refractivity contribution is 7.90. The summed E-state index contributed by atoms with van der Waals surface area (Å²) in [6.07, 6.45) is 5.33. The number of ether oxygens (including phenoxy) is 1. The summed E-state index contributed by atoms with van der Waals surface area (Å²) in [5, 5.41) is 9.00. The van der Waals surface area contributed by atoms with Crippen LogP contribution in [0.15, 0.2) is 41.6 Å². The van der Waals surface area contributed by atoms with Gasteiger partial charge in [-0.25, -0.2) is 23.2 Å². The van der Waals surface area contributed by atoms with E-state index in [1.165, 1.54) is 17.0 Å². The van der Waals surface area contributed by atoms with Crippen molar-refractivity contribution in [2.75, 3.05) is 19.3 Å². The van der Waals surface area contributed by atoms with Crippen LogP contribution in [0, 0.1) is 0 Å². The summed E-state index contributed by atoms with van der Waals surface area (Å²) in [5.74, 6) is 1.32. The molecular weight excluding hydrogens is 370 g/mol. The highest BCUT2D eigenvalue weighted by Crippen LogP contribution is 2.27. The van der Waals surface area contributed by atoms with Gasteiger partial charge in [-0.1, -0.05) is 0 Å². The van der Waals surface area contributed by atoms with Crippen molar-refractivity contribution in [1.82, 2.24) is 14.9 Å². The van der Waals surface area contributed by atoms with Crippen molar-refractivity contribution in [1.29, 1.82) is 0 Å². The Labute approximate surface area is 157 Å². The number of piperidine rings is 1. The summed E-state index contributed by atoms with van der Waals surface area (Å²) in [4.78, 5) is 21.3. The fourth-order valence-electron chi connectivity index (χ4n) is 2.99. The number of likely N-dealkylation sites (tertiary alicyclic amines) is 1. The molecule has 9 heteroatoms. The van der Waals surface area contributed by atoms with E-state index in [-0.39, 0.29) is 17.4 Å². The monoisotopic (exact) mass is 391 g/mol. The zero-order chi connectivity index (χ0) is 19.4. The fraction of sp³-hybridized carbons (Fsp3) is 0.389. The van der Waals surface area contributed by atoms with E-state index >= 15 is 0 Å². The minimum Gasteiger partial charge on any atom is -0.486 e. The van der Waals surface area contributed by atoms with Gasteiger partial charge in [-0.15, -0.1) is 0 Å². The molecule has 0 bridgehead atoms. The second kappa shape index (κ2) is 7.91. The number of rotatable bonds is 5. The Kier molecular flexibility index (Phi) is 5.59. The molecular formula is C18H21N3O5S. The Morgan fingerprint density at radius 1 is 1.19 bits per heavy atom. The van der Waals surface area contributed by atoms with Crippen LogP contribution in [0.4, 0.5) is 4.79 Å². The van der Waals surface area contributed by atoms with Gasteiger partial charge in [-0.3, -0.25) is 0 Å². The van der Waals surface area contributed by atoms with E-state index in [4.69, 9.17) is 9.84 Å². The lowest BCUT2D eigenvalue weighted by Gasteiger charge is -2.29. The molecule has 1 aliphatic heterocycles. The zero-order valence-corrected chi connectivity index (χ0v) is 15.7.